The molecule has 8 heteroatoms. The molecule has 0 N–H and O–H groups in total. The van der Waals surface area contributed by atoms with Crippen molar-refractivity contribution in [2.75, 3.05) is 20.0 Å². The number of carbonyl (C=O) groups is 2. The van der Waals surface area contributed by atoms with Crippen LogP contribution >= 0.6 is 0 Å². The van der Waals surface area contributed by atoms with Crippen molar-refractivity contribution in [3.8, 4) is 5.75 Å². The maximum absolute atomic E-state index is 13.6. The second kappa shape index (κ2) is 7.65. The number of hydrogen-bond donors (Lipinski definition) is 0. The molecule has 0 saturated carbocycles. The first-order valence-corrected chi connectivity index (χ1v) is 9.37. The summed E-state index contributed by atoms with van der Waals surface area (Å²) in [7, 11) is -2.19. The summed E-state index contributed by atoms with van der Waals surface area (Å²) in [6.07, 6.45) is 1.02. The van der Waals surface area contributed by atoms with Crippen molar-refractivity contribution in [2.24, 2.45) is 0 Å². The average molecular weight is 380 g/mol. The van der Waals surface area contributed by atoms with Crippen LogP contribution in [0.25, 0.3) is 0 Å². The van der Waals surface area contributed by atoms with Gasteiger partial charge in [0.05, 0.1) is 17.6 Å². The Bertz CT molecular complexity index is 966. The minimum Gasteiger partial charge on any atom is -0.494 e. The molecule has 2 aromatic carbocycles. The molecule has 0 bridgehead atoms. The van der Waals surface area contributed by atoms with Crippen LogP contribution in [0.5, 0.6) is 5.75 Å². The van der Waals surface area contributed by atoms with E-state index in [1.165, 1.54) is 37.4 Å². The zero-order valence-corrected chi connectivity index (χ0v) is 15.2. The van der Waals surface area contributed by atoms with Crippen LogP contribution in [0.1, 0.15) is 26.3 Å². The van der Waals surface area contributed by atoms with Gasteiger partial charge in [0, 0.05) is 11.8 Å². The first-order valence-electron chi connectivity index (χ1n) is 7.48. The Labute approximate surface area is 150 Å². The highest BCUT2D eigenvalue weighted by Crippen LogP contribution is 2.19. The number of ketones is 1. The monoisotopic (exact) mass is 380 g/mol. The van der Waals surface area contributed by atoms with Gasteiger partial charge in [-0.2, -0.15) is 0 Å². The lowest BCUT2D eigenvalue weighted by atomic mass is 10.1. The van der Waals surface area contributed by atoms with Crippen LogP contribution in [0.4, 0.5) is 4.39 Å². The van der Waals surface area contributed by atoms with Crippen LogP contribution in [0.3, 0.4) is 0 Å². The molecule has 0 fully saturated rings. The van der Waals surface area contributed by atoms with Crippen molar-refractivity contribution in [3.05, 3.63) is 58.9 Å². The molecule has 0 amide bonds. The van der Waals surface area contributed by atoms with Crippen LogP contribution in [-0.2, 0) is 14.6 Å². The molecule has 0 heterocycles. The van der Waals surface area contributed by atoms with Crippen LogP contribution in [0, 0.1) is 12.7 Å². The van der Waals surface area contributed by atoms with E-state index in [4.69, 9.17) is 9.47 Å². The van der Waals surface area contributed by atoms with Gasteiger partial charge >= 0.3 is 5.97 Å². The molecule has 0 unspecified atom stereocenters. The SMILES string of the molecule is COc1ccc(C(=O)COC(=O)c2cc(S(C)(=O)=O)ccc2C)cc1F. The standard InChI is InChI=1S/C18H17FO6S/c1-11-4-6-13(26(3,22)23)9-14(11)18(21)25-10-16(20)12-5-7-17(24-2)15(19)8-12/h4-9H,10H2,1-3H3. The maximum atomic E-state index is 13.6. The van der Waals surface area contributed by atoms with Crippen LogP contribution in [-0.4, -0.2) is 40.1 Å². The predicted octanol–water partition coefficient (Wildman–Crippen LogP) is 2.59. The van der Waals surface area contributed by atoms with Crippen LogP contribution in [0.15, 0.2) is 41.3 Å². The molecule has 6 nitrogen and oxygen atoms in total. The number of aryl methyl sites for hydroxylation is 1. The normalized spacial score (nSPS) is 11.1. The second-order valence-electron chi connectivity index (χ2n) is 5.60. The lowest BCUT2D eigenvalue weighted by Gasteiger charge is -2.09. The summed E-state index contributed by atoms with van der Waals surface area (Å²) >= 11 is 0. The lowest BCUT2D eigenvalue weighted by molar-refractivity contribution is 0.0473. The summed E-state index contributed by atoms with van der Waals surface area (Å²) in [6, 6.07) is 7.70. The van der Waals surface area contributed by atoms with E-state index in [-0.39, 0.29) is 21.8 Å². The molecule has 0 aliphatic carbocycles. The van der Waals surface area contributed by atoms with Crippen molar-refractivity contribution in [2.45, 2.75) is 11.8 Å². The maximum Gasteiger partial charge on any atom is 0.338 e. The van der Waals surface area contributed by atoms with Gasteiger partial charge in [-0.15, -0.1) is 0 Å². The second-order valence-corrected chi connectivity index (χ2v) is 7.61. The fraction of sp³-hybridized carbons (Fsp3) is 0.222. The third kappa shape index (κ3) is 4.45. The van der Waals surface area contributed by atoms with Gasteiger partial charge < -0.3 is 9.47 Å². The number of esters is 1. The van der Waals surface area contributed by atoms with E-state index in [9.17, 15) is 22.4 Å². The van der Waals surface area contributed by atoms with Gasteiger partial charge in [0.1, 0.15) is 0 Å². The Hall–Kier alpha value is -2.74. The van der Waals surface area contributed by atoms with E-state index in [0.29, 0.717) is 5.56 Å². The van der Waals surface area contributed by atoms with Gasteiger partial charge in [-0.3, -0.25) is 4.79 Å². The molecule has 138 valence electrons. The Kier molecular flexibility index (Phi) is 5.76. The fourth-order valence-electron chi connectivity index (χ4n) is 2.18. The van der Waals surface area contributed by atoms with E-state index >= 15 is 0 Å². The minimum atomic E-state index is -3.49. The molecule has 0 aliphatic heterocycles. The third-order valence-electron chi connectivity index (χ3n) is 3.67. The number of hydrogen-bond acceptors (Lipinski definition) is 6. The first-order chi connectivity index (χ1) is 12.1. The quantitative estimate of drug-likeness (QED) is 0.566. The van der Waals surface area contributed by atoms with Crippen LogP contribution < -0.4 is 4.74 Å². The topological polar surface area (TPSA) is 86.7 Å². The van der Waals surface area contributed by atoms with Gasteiger partial charge in [0.2, 0.25) is 0 Å². The molecule has 0 aliphatic rings. The molecule has 0 atom stereocenters. The zero-order valence-electron chi connectivity index (χ0n) is 14.4. The highest BCUT2D eigenvalue weighted by Gasteiger charge is 2.18. The van der Waals surface area contributed by atoms with Gasteiger partial charge in [-0.1, -0.05) is 6.07 Å². The largest absolute Gasteiger partial charge is 0.494 e. The zero-order chi connectivity index (χ0) is 19.5. The summed E-state index contributed by atoms with van der Waals surface area (Å²) < 4.78 is 46.6. The van der Waals surface area contributed by atoms with E-state index in [1.54, 1.807) is 6.92 Å². The average Bonchev–Trinajstić information content (AvgIpc) is 2.58. The van der Waals surface area contributed by atoms with Crippen molar-refractivity contribution in [1.29, 1.82) is 0 Å². The number of sulfone groups is 1. The molecular formula is C18H17FO6S. The summed E-state index contributed by atoms with van der Waals surface area (Å²) in [4.78, 5) is 24.2. The number of Topliss-reactive ketones (excluding diaryl/α,β-unsaturated/α-hetero) is 1. The number of carbonyl (C=O) groups excluding carboxylic acids is 2. The van der Waals surface area contributed by atoms with Gasteiger partial charge in [-0.05, 0) is 42.8 Å². The smallest absolute Gasteiger partial charge is 0.338 e. The summed E-state index contributed by atoms with van der Waals surface area (Å²) in [6.45, 7) is 1.01. The highest BCUT2D eigenvalue weighted by atomic mass is 32.2. The van der Waals surface area contributed by atoms with Gasteiger partial charge in [0.15, 0.2) is 33.8 Å². The Morgan fingerprint density at radius 2 is 1.81 bits per heavy atom. The summed E-state index contributed by atoms with van der Waals surface area (Å²) in [5.74, 6) is -2.15. The summed E-state index contributed by atoms with van der Waals surface area (Å²) in [5.41, 5.74) is 0.574. The lowest BCUT2D eigenvalue weighted by Crippen LogP contribution is -2.16. The Morgan fingerprint density at radius 3 is 2.38 bits per heavy atom. The van der Waals surface area contributed by atoms with Crippen molar-refractivity contribution < 1.29 is 31.9 Å². The van der Waals surface area contributed by atoms with E-state index in [1.807, 2.05) is 0 Å². The molecule has 2 aromatic rings. The molecule has 26 heavy (non-hydrogen) atoms. The van der Waals surface area contributed by atoms with E-state index in [0.717, 1.165) is 12.3 Å². The molecule has 0 saturated heterocycles. The van der Waals surface area contributed by atoms with Crippen molar-refractivity contribution in [1.82, 2.24) is 0 Å². The van der Waals surface area contributed by atoms with Crippen molar-refractivity contribution >= 4 is 21.6 Å². The highest BCUT2D eigenvalue weighted by molar-refractivity contribution is 7.90. The van der Waals surface area contributed by atoms with E-state index in [2.05, 4.69) is 0 Å². The number of halogens is 1. The molecule has 0 radical (unpaired) electrons. The molecule has 0 spiro atoms. The molecule has 2 rings (SSSR count). The van der Waals surface area contributed by atoms with Crippen molar-refractivity contribution in [3.63, 3.8) is 0 Å². The van der Waals surface area contributed by atoms with Crippen LogP contribution in [0.2, 0.25) is 0 Å². The fourth-order valence-corrected chi connectivity index (χ4v) is 2.83. The Morgan fingerprint density at radius 1 is 1.12 bits per heavy atom. The summed E-state index contributed by atoms with van der Waals surface area (Å²) in [5, 5.41) is 0. The predicted molar refractivity (Wildman–Crippen MR) is 91.9 cm³/mol. The third-order valence-corrected chi connectivity index (χ3v) is 4.78. The Balaban J connectivity index is 2.13. The van der Waals surface area contributed by atoms with Gasteiger partial charge in [-0.25, -0.2) is 17.6 Å². The van der Waals surface area contributed by atoms with Gasteiger partial charge in [0.25, 0.3) is 0 Å². The molecular weight excluding hydrogens is 363 g/mol. The number of ether oxygens (including phenoxy) is 2. The number of methoxy groups -OCH3 is 1. The van der Waals surface area contributed by atoms with E-state index < -0.39 is 34.0 Å². The molecule has 0 aromatic heterocycles. The number of benzene rings is 2. The minimum absolute atomic E-state index is 0.00763. The first kappa shape index (κ1) is 19.6. The number of rotatable bonds is 6.